The molecule has 0 bridgehead atoms. The first kappa shape index (κ1) is 21.6. The molecule has 30 heavy (non-hydrogen) atoms. The van der Waals surface area contributed by atoms with E-state index in [0.29, 0.717) is 41.7 Å². The lowest BCUT2D eigenvalue weighted by Gasteiger charge is -2.36. The number of hydrogen-bond acceptors (Lipinski definition) is 7. The maximum atomic E-state index is 12.5. The molecule has 0 spiro atoms. The van der Waals surface area contributed by atoms with Crippen LogP contribution < -0.4 is 23.7 Å². The molecule has 0 saturated carbocycles. The number of nitrogens with zero attached hydrogens (tertiary/aromatic N) is 1. The van der Waals surface area contributed by atoms with Crippen molar-refractivity contribution < 1.29 is 33.6 Å². The van der Waals surface area contributed by atoms with E-state index in [-0.39, 0.29) is 19.1 Å². The van der Waals surface area contributed by atoms with Gasteiger partial charge in [0, 0.05) is 19.0 Å². The zero-order valence-electron chi connectivity index (χ0n) is 17.4. The molecule has 0 aliphatic carbocycles. The van der Waals surface area contributed by atoms with E-state index in [4.69, 9.17) is 23.7 Å². The van der Waals surface area contributed by atoms with Crippen molar-refractivity contribution in [1.29, 1.82) is 0 Å². The van der Waals surface area contributed by atoms with Crippen LogP contribution in [0.4, 0.5) is 0 Å². The average molecular weight is 417 g/mol. The van der Waals surface area contributed by atoms with Gasteiger partial charge in [-0.15, -0.1) is 0 Å². The van der Waals surface area contributed by atoms with Crippen molar-refractivity contribution in [2.24, 2.45) is 0 Å². The van der Waals surface area contributed by atoms with Gasteiger partial charge in [-0.05, 0) is 24.3 Å². The fraction of sp³-hybridized carbons (Fsp3) is 0.409. The summed E-state index contributed by atoms with van der Waals surface area (Å²) in [7, 11) is 4.66. The molecule has 162 valence electrons. The number of β-amino-alcohol motifs (C(OH)–C–C–N with tert-alkyl or cyclic N) is 1. The molecule has 2 aromatic carbocycles. The van der Waals surface area contributed by atoms with Crippen molar-refractivity contribution in [2.45, 2.75) is 18.6 Å². The molecule has 1 heterocycles. The monoisotopic (exact) mass is 417 g/mol. The Morgan fingerprint density at radius 2 is 1.67 bits per heavy atom. The van der Waals surface area contributed by atoms with Crippen LogP contribution in [0.3, 0.4) is 0 Å². The molecule has 0 radical (unpaired) electrons. The van der Waals surface area contributed by atoms with E-state index in [2.05, 4.69) is 0 Å². The molecule has 3 rings (SSSR count). The smallest absolute Gasteiger partial charge is 0.260 e. The van der Waals surface area contributed by atoms with Gasteiger partial charge >= 0.3 is 0 Å². The number of amides is 1. The lowest BCUT2D eigenvalue weighted by atomic mass is 10.0. The number of aliphatic hydroxyl groups is 1. The number of rotatable bonds is 8. The predicted molar refractivity (Wildman–Crippen MR) is 110 cm³/mol. The number of ether oxygens (including phenoxy) is 5. The Morgan fingerprint density at radius 3 is 2.33 bits per heavy atom. The van der Waals surface area contributed by atoms with Crippen molar-refractivity contribution in [1.82, 2.24) is 4.90 Å². The number of para-hydroxylation sites is 2. The number of aliphatic hydroxyl groups excluding tert-OH is 1. The molecule has 0 aromatic heterocycles. The summed E-state index contributed by atoms with van der Waals surface area (Å²) in [6.07, 6.45) is -0.750. The van der Waals surface area contributed by atoms with E-state index in [1.54, 1.807) is 56.6 Å². The van der Waals surface area contributed by atoms with Crippen molar-refractivity contribution >= 4 is 5.91 Å². The third-order valence-electron chi connectivity index (χ3n) is 4.94. The maximum Gasteiger partial charge on any atom is 0.260 e. The Morgan fingerprint density at radius 1 is 1.00 bits per heavy atom. The summed E-state index contributed by atoms with van der Waals surface area (Å²) < 4.78 is 27.2. The summed E-state index contributed by atoms with van der Waals surface area (Å²) in [6.45, 7) is 0.503. The molecule has 8 nitrogen and oxygen atoms in total. The van der Waals surface area contributed by atoms with Gasteiger partial charge in [0.05, 0.1) is 27.9 Å². The Balaban J connectivity index is 1.54. The van der Waals surface area contributed by atoms with Crippen molar-refractivity contribution in [3.8, 4) is 28.7 Å². The van der Waals surface area contributed by atoms with Crippen molar-refractivity contribution in [2.75, 3.05) is 41.0 Å². The second kappa shape index (κ2) is 10.1. The molecule has 1 aliphatic heterocycles. The van der Waals surface area contributed by atoms with Crippen LogP contribution in [0.2, 0.25) is 0 Å². The van der Waals surface area contributed by atoms with Crippen LogP contribution in [0.1, 0.15) is 6.42 Å². The Hall–Kier alpha value is -3.13. The van der Waals surface area contributed by atoms with Crippen LogP contribution in [0, 0.1) is 0 Å². The summed E-state index contributed by atoms with van der Waals surface area (Å²) in [5.41, 5.74) is 0. The Labute approximate surface area is 175 Å². The number of methoxy groups -OCH3 is 3. The maximum absolute atomic E-state index is 12.5. The first-order valence-electron chi connectivity index (χ1n) is 9.66. The molecule has 1 fully saturated rings. The van der Waals surface area contributed by atoms with Crippen LogP contribution >= 0.6 is 0 Å². The number of likely N-dealkylation sites (tertiary alicyclic amines) is 1. The van der Waals surface area contributed by atoms with E-state index in [1.165, 1.54) is 0 Å². The fourth-order valence-corrected chi connectivity index (χ4v) is 3.31. The van der Waals surface area contributed by atoms with Gasteiger partial charge in [0.1, 0.15) is 18.0 Å². The fourth-order valence-electron chi connectivity index (χ4n) is 3.31. The molecule has 2 atom stereocenters. The summed E-state index contributed by atoms with van der Waals surface area (Å²) >= 11 is 0. The number of benzene rings is 2. The third-order valence-corrected chi connectivity index (χ3v) is 4.94. The van der Waals surface area contributed by atoms with Gasteiger partial charge in [-0.1, -0.05) is 12.1 Å². The summed E-state index contributed by atoms with van der Waals surface area (Å²) in [4.78, 5) is 14.1. The SMILES string of the molecule is COc1ccc(O[C@@H]2CCN(C(=O)COc3ccccc3OC)C[C@H]2O)cc1OC. The van der Waals surface area contributed by atoms with E-state index >= 15 is 0 Å². The highest BCUT2D eigenvalue weighted by atomic mass is 16.5. The van der Waals surface area contributed by atoms with E-state index < -0.39 is 12.2 Å². The molecule has 1 amide bonds. The van der Waals surface area contributed by atoms with Gasteiger partial charge in [0.2, 0.25) is 0 Å². The van der Waals surface area contributed by atoms with E-state index in [0.717, 1.165) is 0 Å². The molecule has 2 aromatic rings. The minimum absolute atomic E-state index is 0.131. The number of carbonyl (C=O) groups is 1. The topological polar surface area (TPSA) is 86.7 Å². The molecular formula is C22H27NO7. The van der Waals surface area contributed by atoms with Gasteiger partial charge in [0.25, 0.3) is 5.91 Å². The van der Waals surface area contributed by atoms with Crippen LogP contribution in [0.15, 0.2) is 42.5 Å². The van der Waals surface area contributed by atoms with Crippen LogP contribution in [0.25, 0.3) is 0 Å². The summed E-state index contributed by atoms with van der Waals surface area (Å²) in [5.74, 6) is 2.57. The third kappa shape index (κ3) is 5.07. The van der Waals surface area contributed by atoms with Gasteiger partial charge < -0.3 is 33.7 Å². The first-order chi connectivity index (χ1) is 14.5. The van der Waals surface area contributed by atoms with E-state index in [1.807, 2.05) is 12.1 Å². The predicted octanol–water partition coefficient (Wildman–Crippen LogP) is 2.13. The molecule has 8 heteroatoms. The molecule has 1 aliphatic rings. The lowest BCUT2D eigenvalue weighted by molar-refractivity contribution is -0.139. The van der Waals surface area contributed by atoms with Gasteiger partial charge in [0.15, 0.2) is 29.6 Å². The number of hydrogen-bond donors (Lipinski definition) is 1. The Bertz CT molecular complexity index is 857. The number of carbonyl (C=O) groups excluding carboxylic acids is 1. The van der Waals surface area contributed by atoms with Crippen LogP contribution in [-0.2, 0) is 4.79 Å². The summed E-state index contributed by atoms with van der Waals surface area (Å²) in [5, 5.41) is 10.5. The Kier molecular flexibility index (Phi) is 7.24. The van der Waals surface area contributed by atoms with Crippen LogP contribution in [0.5, 0.6) is 28.7 Å². The van der Waals surface area contributed by atoms with Gasteiger partial charge in [-0.2, -0.15) is 0 Å². The van der Waals surface area contributed by atoms with Crippen LogP contribution in [-0.4, -0.2) is 69.1 Å². The number of piperidine rings is 1. The second-order valence-electron chi connectivity index (χ2n) is 6.81. The molecule has 1 saturated heterocycles. The highest BCUT2D eigenvalue weighted by molar-refractivity contribution is 5.78. The molecule has 1 N–H and O–H groups in total. The van der Waals surface area contributed by atoms with Gasteiger partial charge in [-0.25, -0.2) is 0 Å². The van der Waals surface area contributed by atoms with Crippen molar-refractivity contribution in [3.05, 3.63) is 42.5 Å². The minimum Gasteiger partial charge on any atom is -0.493 e. The second-order valence-corrected chi connectivity index (χ2v) is 6.81. The van der Waals surface area contributed by atoms with Gasteiger partial charge in [-0.3, -0.25) is 4.79 Å². The normalized spacial score (nSPS) is 18.5. The summed E-state index contributed by atoms with van der Waals surface area (Å²) in [6, 6.07) is 12.4. The highest BCUT2D eigenvalue weighted by Gasteiger charge is 2.32. The standard InChI is InChI=1S/C22H27NO7/c1-26-18-6-4-5-7-20(18)29-14-22(25)23-11-10-17(16(24)13-23)30-15-8-9-19(27-2)21(12-15)28-3/h4-9,12,16-17,24H,10-11,13-14H2,1-3H3/t16-,17-/m1/s1. The van der Waals surface area contributed by atoms with E-state index in [9.17, 15) is 9.90 Å². The van der Waals surface area contributed by atoms with Crippen molar-refractivity contribution in [3.63, 3.8) is 0 Å². The average Bonchev–Trinajstić information content (AvgIpc) is 2.78. The highest BCUT2D eigenvalue weighted by Crippen LogP contribution is 2.32. The largest absolute Gasteiger partial charge is 0.493 e. The molecule has 0 unspecified atom stereocenters. The first-order valence-corrected chi connectivity index (χ1v) is 9.66. The lowest BCUT2D eigenvalue weighted by Crippen LogP contribution is -2.52. The zero-order chi connectivity index (χ0) is 21.5. The quantitative estimate of drug-likeness (QED) is 0.704. The zero-order valence-corrected chi connectivity index (χ0v) is 17.4. The minimum atomic E-state index is -0.818. The molecular weight excluding hydrogens is 390 g/mol.